The van der Waals surface area contributed by atoms with Crippen LogP contribution in [0.25, 0.3) is 0 Å². The molecule has 0 radical (unpaired) electrons. The van der Waals surface area contributed by atoms with Crippen LogP contribution in [-0.4, -0.2) is 140 Å². The van der Waals surface area contributed by atoms with E-state index in [2.05, 4.69) is 21.3 Å². The van der Waals surface area contributed by atoms with Gasteiger partial charge in [-0.2, -0.15) is 0 Å². The zero-order valence-electron chi connectivity index (χ0n) is 42.4. The molecule has 72 heavy (non-hydrogen) atoms. The minimum absolute atomic E-state index is 0.112. The van der Waals surface area contributed by atoms with Gasteiger partial charge < -0.3 is 66.0 Å². The number of methoxy groups -OCH3 is 2. The molecule has 2 aromatic carbocycles. The summed E-state index contributed by atoms with van der Waals surface area (Å²) in [4.78, 5) is 95.4. The second kappa shape index (κ2) is 24.0. The number of alkyl carbamates (subject to hydrolysis) is 1. The van der Waals surface area contributed by atoms with Crippen LogP contribution in [0, 0.1) is 11.8 Å². The lowest BCUT2D eigenvalue weighted by atomic mass is 9.83. The average molecular weight is 1030 g/mol. The number of hydrogen-bond donors (Lipinski definition) is 7. The van der Waals surface area contributed by atoms with Crippen molar-refractivity contribution in [2.75, 3.05) is 45.1 Å². The molecule has 22 heteroatoms. The van der Waals surface area contributed by atoms with Crippen LogP contribution in [0.4, 0.5) is 21.0 Å². The van der Waals surface area contributed by atoms with Crippen molar-refractivity contribution in [1.82, 2.24) is 20.9 Å². The molecule has 4 bridgehead atoms. The standard InChI is InChI=1S/C50H69ClN8O13/c1-26(2)41(52)44(62)56-33(14-12-20-54-47(53)65)43(61)55-32-18-16-31(17-19-32)45(63)58(7)29(5)46(64)71-38-24-39(60)59(8)34-22-30(23-35(68-9)40(34)51)21-27(3)13-11-15-37(69-10)50(67)25-36(70-48(66)57-50)28(4)42-49(38,6)72-42/h11,13,15-19,22-23,26,28-29,33,36-38,41-42,67H,12,14,20-21,24-25,52H2,1-10H3,(H,55,61)(H,56,62)(H,57,66)(H3,53,54,65)/b15-11+,27-13+/t28-,29+,33?,36+,37-,38+,41+,42+,49+,50+/m1/s1. The molecule has 2 aromatic rings. The van der Waals surface area contributed by atoms with Gasteiger partial charge >= 0.3 is 18.1 Å². The predicted molar refractivity (Wildman–Crippen MR) is 267 cm³/mol. The molecule has 2 fully saturated rings. The molecule has 3 aliphatic rings. The van der Waals surface area contributed by atoms with Crippen LogP contribution in [0.2, 0.25) is 5.02 Å². The van der Waals surface area contributed by atoms with Gasteiger partial charge in [-0.05, 0) is 87.9 Å². The fourth-order valence-corrected chi connectivity index (χ4v) is 8.98. The first-order valence-corrected chi connectivity index (χ1v) is 24.1. The zero-order valence-corrected chi connectivity index (χ0v) is 43.2. The van der Waals surface area contributed by atoms with E-state index < -0.39 is 108 Å². The lowest BCUT2D eigenvalue weighted by Gasteiger charge is -2.42. The summed E-state index contributed by atoms with van der Waals surface area (Å²) in [6.45, 7) is 10.5. The number of carbonyl (C=O) groups excluding carboxylic acids is 7. The monoisotopic (exact) mass is 1020 g/mol. The smallest absolute Gasteiger partial charge is 0.409 e. The molecular formula is C50H69ClN8O13. The minimum Gasteiger partial charge on any atom is -0.495 e. The number of nitrogens with zero attached hydrogens (tertiary/aromatic N) is 2. The summed E-state index contributed by atoms with van der Waals surface area (Å²) in [6.07, 6.45) is 0.693. The van der Waals surface area contributed by atoms with E-state index in [-0.39, 0.29) is 35.9 Å². The maximum absolute atomic E-state index is 14.4. The van der Waals surface area contributed by atoms with E-state index in [4.69, 9.17) is 46.8 Å². The Kier molecular flexibility index (Phi) is 18.9. The Bertz CT molecular complexity index is 2420. The Balaban J connectivity index is 1.38. The highest BCUT2D eigenvalue weighted by molar-refractivity contribution is 6.35. The summed E-state index contributed by atoms with van der Waals surface area (Å²) in [6, 6.07) is 5.55. The van der Waals surface area contributed by atoms with Crippen LogP contribution in [0.3, 0.4) is 0 Å². The molecule has 3 heterocycles. The van der Waals surface area contributed by atoms with Gasteiger partial charge in [0.2, 0.25) is 17.7 Å². The van der Waals surface area contributed by atoms with Crippen LogP contribution in [0.1, 0.15) is 83.1 Å². The van der Waals surface area contributed by atoms with E-state index in [1.165, 1.54) is 64.4 Å². The summed E-state index contributed by atoms with van der Waals surface area (Å²) < 4.78 is 29.4. The van der Waals surface area contributed by atoms with E-state index >= 15 is 0 Å². The Hall–Kier alpha value is -6.26. The number of esters is 1. The van der Waals surface area contributed by atoms with E-state index in [1.807, 2.05) is 13.0 Å². The van der Waals surface area contributed by atoms with E-state index in [0.29, 0.717) is 30.0 Å². The van der Waals surface area contributed by atoms with Crippen molar-refractivity contribution in [2.45, 2.75) is 128 Å². The normalized spacial score (nSPS) is 26.7. The SMILES string of the molecule is COc1cc2cc(c1Cl)N(C)C(=O)C[C@H](OC(=O)[C@H](C)N(C)C(=O)c1ccc(NC(=O)C(CCCNC(N)=O)NC(=O)[C@@H](N)C(C)C)cc1)[C@]1(C)O[C@H]1[C@H](C)[C@@H]1C[C@@](O)(NC(=O)O1)[C@H](OC)/C=C/C=C(\C)C2. The summed E-state index contributed by atoms with van der Waals surface area (Å²) in [5.41, 5.74) is 10.4. The number of epoxide rings is 1. The third kappa shape index (κ3) is 13.6. The maximum atomic E-state index is 14.4. The molecule has 21 nitrogen and oxygen atoms in total. The number of halogens is 1. The number of primary amides is 1. The molecule has 0 aliphatic carbocycles. The van der Waals surface area contributed by atoms with Gasteiger partial charge in [-0.1, -0.05) is 56.2 Å². The number of fused-ring (bicyclic) bond motifs is 5. The number of rotatable bonds is 15. The number of carbonyl (C=O) groups is 7. The molecule has 0 spiro atoms. The molecule has 0 aromatic heterocycles. The number of likely N-dealkylation sites (N-methyl/N-ethyl adjacent to an activating group) is 1. The van der Waals surface area contributed by atoms with Gasteiger partial charge in [0.25, 0.3) is 5.91 Å². The zero-order chi connectivity index (χ0) is 53.4. The number of hydrogen-bond acceptors (Lipinski definition) is 14. The lowest BCUT2D eigenvalue weighted by Crippen LogP contribution is -2.63. The third-order valence-electron chi connectivity index (χ3n) is 13.5. The molecule has 3 aliphatic heterocycles. The molecule has 0 saturated carbocycles. The number of amides is 7. The largest absolute Gasteiger partial charge is 0.495 e. The highest BCUT2D eigenvalue weighted by Crippen LogP contribution is 2.49. The number of urea groups is 1. The van der Waals surface area contributed by atoms with Crippen LogP contribution >= 0.6 is 11.6 Å². The molecule has 394 valence electrons. The van der Waals surface area contributed by atoms with Gasteiger partial charge in [0.1, 0.15) is 46.8 Å². The first kappa shape index (κ1) is 56.7. The molecule has 10 atom stereocenters. The first-order valence-electron chi connectivity index (χ1n) is 23.7. The quantitative estimate of drug-likeness (QED) is 0.0761. The molecule has 7 amide bonds. The van der Waals surface area contributed by atoms with Gasteiger partial charge in [-0.15, -0.1) is 0 Å². The van der Waals surface area contributed by atoms with Crippen LogP contribution in [0.15, 0.2) is 60.2 Å². The van der Waals surface area contributed by atoms with Crippen molar-refractivity contribution >= 4 is 64.7 Å². The number of allylic oxidation sites excluding steroid dienone is 3. The third-order valence-corrected chi connectivity index (χ3v) is 13.9. The lowest BCUT2D eigenvalue weighted by molar-refractivity contribution is -0.158. The average Bonchev–Trinajstić information content (AvgIpc) is 4.03. The number of aliphatic hydroxyl groups is 1. The molecular weight excluding hydrogens is 956 g/mol. The maximum Gasteiger partial charge on any atom is 0.409 e. The highest BCUT2D eigenvalue weighted by atomic mass is 35.5. The van der Waals surface area contributed by atoms with E-state index in [9.17, 15) is 38.7 Å². The second-order valence-electron chi connectivity index (χ2n) is 19.1. The van der Waals surface area contributed by atoms with Gasteiger partial charge in [-0.25, -0.2) is 14.4 Å². The summed E-state index contributed by atoms with van der Waals surface area (Å²) in [5, 5.41) is 22.4. The predicted octanol–water partition coefficient (Wildman–Crippen LogP) is 3.68. The number of nitrogens with two attached hydrogens (primary N) is 2. The van der Waals surface area contributed by atoms with Crippen molar-refractivity contribution in [2.24, 2.45) is 23.3 Å². The first-order chi connectivity index (χ1) is 33.8. The Morgan fingerprint density at radius 2 is 1.76 bits per heavy atom. The summed E-state index contributed by atoms with van der Waals surface area (Å²) in [7, 11) is 5.81. The van der Waals surface area contributed by atoms with Crippen LogP contribution in [0.5, 0.6) is 5.75 Å². The van der Waals surface area contributed by atoms with Crippen LogP contribution < -0.4 is 42.4 Å². The molecule has 5 rings (SSSR count). The van der Waals surface area contributed by atoms with Crippen LogP contribution in [-0.2, 0) is 44.5 Å². The molecule has 2 saturated heterocycles. The number of nitrogens with one attached hydrogen (secondary N) is 4. The van der Waals surface area contributed by atoms with Crippen molar-refractivity contribution < 1.29 is 62.4 Å². The molecule has 1 unspecified atom stereocenters. The van der Waals surface area contributed by atoms with Crippen molar-refractivity contribution in [1.29, 1.82) is 0 Å². The highest BCUT2D eigenvalue weighted by Gasteiger charge is 2.64. The van der Waals surface area contributed by atoms with Gasteiger partial charge in [-0.3, -0.25) is 24.5 Å². The van der Waals surface area contributed by atoms with Crippen molar-refractivity contribution in [3.63, 3.8) is 0 Å². The fraction of sp³-hybridized carbons (Fsp3) is 0.540. The summed E-state index contributed by atoms with van der Waals surface area (Å²) >= 11 is 6.82. The van der Waals surface area contributed by atoms with Gasteiger partial charge in [0, 0.05) is 51.3 Å². The van der Waals surface area contributed by atoms with Crippen molar-refractivity contribution in [3.05, 3.63) is 76.3 Å². The topological polar surface area (TPSA) is 296 Å². The summed E-state index contributed by atoms with van der Waals surface area (Å²) in [5.74, 6) is -3.54. The fourth-order valence-electron chi connectivity index (χ4n) is 8.66. The van der Waals surface area contributed by atoms with E-state index in [1.54, 1.807) is 52.0 Å². The minimum atomic E-state index is -1.89. The Morgan fingerprint density at radius 3 is 2.39 bits per heavy atom. The van der Waals surface area contributed by atoms with Crippen molar-refractivity contribution in [3.8, 4) is 5.75 Å². The van der Waals surface area contributed by atoms with Gasteiger partial charge in [0.15, 0.2) is 5.72 Å². The second-order valence-corrected chi connectivity index (χ2v) is 19.5. The number of benzene rings is 2. The number of anilines is 2. The number of ether oxygens (including phenoxy) is 5. The molecule has 9 N–H and O–H groups in total. The van der Waals surface area contributed by atoms with E-state index in [0.717, 1.165) is 16.0 Å². The van der Waals surface area contributed by atoms with Gasteiger partial charge in [0.05, 0.1) is 31.4 Å². The Morgan fingerprint density at radius 1 is 1.08 bits per heavy atom. The Labute approximate surface area is 424 Å².